The molecule has 0 spiro atoms. The summed E-state index contributed by atoms with van der Waals surface area (Å²) in [7, 11) is 5.28. The first-order valence-corrected chi connectivity index (χ1v) is 12.2. The third-order valence-electron chi connectivity index (χ3n) is 5.34. The molecule has 3 N–H and O–H groups in total. The molecule has 1 aliphatic rings. The van der Waals surface area contributed by atoms with Gasteiger partial charge < -0.3 is 25.8 Å². The van der Waals surface area contributed by atoms with E-state index in [9.17, 15) is 19.2 Å². The average Bonchev–Trinajstić information content (AvgIpc) is 3.24. The lowest BCUT2D eigenvalue weighted by Crippen LogP contribution is -2.47. The van der Waals surface area contributed by atoms with Gasteiger partial charge in [-0.15, -0.1) is 11.3 Å². The molecule has 0 saturated carbocycles. The van der Waals surface area contributed by atoms with Crippen LogP contribution in [0.25, 0.3) is 0 Å². The first kappa shape index (κ1) is 26.5. The maximum Gasteiger partial charge on any atom is 0.314 e. The van der Waals surface area contributed by atoms with Crippen molar-refractivity contribution in [3.05, 3.63) is 38.9 Å². The number of likely N-dealkylation sites (N-methyl/N-ethyl adjacent to an activating group) is 1. The van der Waals surface area contributed by atoms with E-state index in [0.29, 0.717) is 10.0 Å². The highest BCUT2D eigenvalue weighted by Crippen LogP contribution is 2.24. The SMILES string of the molecule is CN1CCc2nc(C(=O)NCC(CCC(=O)N(C)C)NC(=O)C(=O)Nc3ccc(Cl)cn3)sc2C1. The molecule has 2 aromatic heterocycles. The summed E-state index contributed by atoms with van der Waals surface area (Å²) in [6.45, 7) is 1.67. The van der Waals surface area contributed by atoms with E-state index >= 15 is 0 Å². The molecule has 0 bridgehead atoms. The van der Waals surface area contributed by atoms with Gasteiger partial charge in [-0.1, -0.05) is 11.6 Å². The summed E-state index contributed by atoms with van der Waals surface area (Å²) < 4.78 is 0. The van der Waals surface area contributed by atoms with E-state index in [1.165, 1.54) is 34.6 Å². The lowest BCUT2D eigenvalue weighted by atomic mass is 10.1. The molecule has 188 valence electrons. The fourth-order valence-electron chi connectivity index (χ4n) is 3.33. The Morgan fingerprint density at radius 3 is 2.69 bits per heavy atom. The summed E-state index contributed by atoms with van der Waals surface area (Å²) in [6.07, 6.45) is 2.49. The zero-order valence-electron chi connectivity index (χ0n) is 19.8. The van der Waals surface area contributed by atoms with Crippen molar-refractivity contribution in [2.45, 2.75) is 31.8 Å². The predicted octanol–water partition coefficient (Wildman–Crippen LogP) is 0.901. The number of nitrogens with zero attached hydrogens (tertiary/aromatic N) is 4. The Balaban J connectivity index is 1.60. The van der Waals surface area contributed by atoms with Crippen LogP contribution in [0.15, 0.2) is 18.3 Å². The average molecular weight is 522 g/mol. The molecule has 0 fully saturated rings. The fraction of sp³-hybridized carbons (Fsp3) is 0.455. The number of amides is 4. The third kappa shape index (κ3) is 7.70. The van der Waals surface area contributed by atoms with E-state index in [0.717, 1.165) is 30.1 Å². The van der Waals surface area contributed by atoms with Crippen LogP contribution in [-0.4, -0.2) is 83.7 Å². The highest BCUT2D eigenvalue weighted by Gasteiger charge is 2.24. The monoisotopic (exact) mass is 521 g/mol. The largest absolute Gasteiger partial charge is 0.349 e. The van der Waals surface area contributed by atoms with Gasteiger partial charge in [0.15, 0.2) is 5.01 Å². The van der Waals surface area contributed by atoms with Crippen LogP contribution in [-0.2, 0) is 27.3 Å². The van der Waals surface area contributed by atoms with Crippen molar-refractivity contribution in [3.8, 4) is 0 Å². The Morgan fingerprint density at radius 2 is 2.00 bits per heavy atom. The summed E-state index contributed by atoms with van der Waals surface area (Å²) in [5.41, 5.74) is 0.937. The molecule has 2 aromatic rings. The summed E-state index contributed by atoms with van der Waals surface area (Å²) in [5, 5.41) is 8.49. The van der Waals surface area contributed by atoms with Crippen molar-refractivity contribution >= 4 is 52.4 Å². The number of hydrogen-bond donors (Lipinski definition) is 3. The Labute approximate surface area is 212 Å². The minimum atomic E-state index is -0.924. The number of fused-ring (bicyclic) bond motifs is 1. The van der Waals surface area contributed by atoms with Gasteiger partial charge in [-0.05, 0) is 25.6 Å². The van der Waals surface area contributed by atoms with Crippen LogP contribution in [0.5, 0.6) is 0 Å². The quantitative estimate of drug-likeness (QED) is 0.439. The standard InChI is InChI=1S/C22H28ClN7O4S/c1-29(2)18(31)7-5-14(26-19(32)20(33)28-17-6-4-13(23)10-24-17)11-25-21(34)22-27-15-8-9-30(3)12-16(15)35-22/h4,6,10,14H,5,7-9,11-12H2,1-3H3,(H,25,34)(H,26,32)(H,24,28,33). The Morgan fingerprint density at radius 1 is 1.23 bits per heavy atom. The number of hydrogen-bond acceptors (Lipinski definition) is 8. The lowest BCUT2D eigenvalue weighted by molar-refractivity contribution is -0.136. The molecule has 3 heterocycles. The molecule has 0 saturated heterocycles. The van der Waals surface area contributed by atoms with Crippen LogP contribution in [0.1, 0.15) is 33.2 Å². The molecular weight excluding hydrogens is 494 g/mol. The Kier molecular flexibility index (Phi) is 9.13. The van der Waals surface area contributed by atoms with Crippen molar-refractivity contribution in [1.82, 2.24) is 30.4 Å². The fourth-order valence-corrected chi connectivity index (χ4v) is 4.55. The predicted molar refractivity (Wildman–Crippen MR) is 132 cm³/mol. The van der Waals surface area contributed by atoms with E-state index in [2.05, 4.69) is 30.8 Å². The maximum absolute atomic E-state index is 12.7. The molecule has 0 aliphatic carbocycles. The van der Waals surface area contributed by atoms with Crippen LogP contribution in [0.2, 0.25) is 5.02 Å². The van der Waals surface area contributed by atoms with E-state index < -0.39 is 17.9 Å². The molecule has 0 aromatic carbocycles. The van der Waals surface area contributed by atoms with Crippen molar-refractivity contribution in [3.63, 3.8) is 0 Å². The summed E-state index contributed by atoms with van der Waals surface area (Å²) in [4.78, 5) is 62.6. The number of anilines is 1. The highest BCUT2D eigenvalue weighted by atomic mass is 35.5. The Bertz CT molecular complexity index is 1090. The number of pyridine rings is 1. The number of rotatable bonds is 8. The van der Waals surface area contributed by atoms with Crippen molar-refractivity contribution in [2.75, 3.05) is 39.5 Å². The van der Waals surface area contributed by atoms with Gasteiger partial charge in [0.2, 0.25) is 5.91 Å². The molecule has 1 atom stereocenters. The van der Waals surface area contributed by atoms with Gasteiger partial charge in [0.05, 0.1) is 10.7 Å². The second-order valence-corrected chi connectivity index (χ2v) is 9.92. The minimum Gasteiger partial charge on any atom is -0.349 e. The van der Waals surface area contributed by atoms with Gasteiger partial charge in [-0.3, -0.25) is 19.2 Å². The molecule has 3 rings (SSSR count). The maximum atomic E-state index is 12.7. The van der Waals surface area contributed by atoms with Gasteiger partial charge in [0.25, 0.3) is 5.91 Å². The number of thiazole rings is 1. The smallest absolute Gasteiger partial charge is 0.314 e. The number of halogens is 1. The van der Waals surface area contributed by atoms with Gasteiger partial charge in [0.1, 0.15) is 5.82 Å². The zero-order valence-corrected chi connectivity index (χ0v) is 21.3. The molecule has 35 heavy (non-hydrogen) atoms. The second kappa shape index (κ2) is 12.0. The summed E-state index contributed by atoms with van der Waals surface area (Å²) in [5.74, 6) is -2.17. The van der Waals surface area contributed by atoms with Gasteiger partial charge >= 0.3 is 11.8 Å². The second-order valence-electron chi connectivity index (χ2n) is 8.40. The number of aromatic nitrogens is 2. The Hall–Kier alpha value is -3.09. The first-order chi connectivity index (χ1) is 16.6. The molecule has 0 radical (unpaired) electrons. The molecular formula is C22H28ClN7O4S. The van der Waals surface area contributed by atoms with Crippen LogP contribution in [0.3, 0.4) is 0 Å². The third-order valence-corrected chi connectivity index (χ3v) is 6.65. The lowest BCUT2D eigenvalue weighted by Gasteiger charge is -2.20. The van der Waals surface area contributed by atoms with E-state index in [1.807, 2.05) is 7.05 Å². The van der Waals surface area contributed by atoms with Gasteiger partial charge in [-0.25, -0.2) is 9.97 Å². The van der Waals surface area contributed by atoms with E-state index in [4.69, 9.17) is 11.6 Å². The molecule has 1 aliphatic heterocycles. The van der Waals surface area contributed by atoms with E-state index in [-0.39, 0.29) is 37.0 Å². The molecule has 13 heteroatoms. The van der Waals surface area contributed by atoms with Crippen LogP contribution in [0, 0.1) is 0 Å². The normalized spacial score (nSPS) is 13.9. The topological polar surface area (TPSA) is 137 Å². The first-order valence-electron chi connectivity index (χ1n) is 11.0. The van der Waals surface area contributed by atoms with Crippen LogP contribution >= 0.6 is 22.9 Å². The number of carbonyl (C=O) groups is 4. The minimum absolute atomic E-state index is 0.0297. The van der Waals surface area contributed by atoms with Crippen LogP contribution in [0.4, 0.5) is 5.82 Å². The summed E-state index contributed by atoms with van der Waals surface area (Å²) >= 11 is 7.13. The summed E-state index contributed by atoms with van der Waals surface area (Å²) in [6, 6.07) is 2.34. The van der Waals surface area contributed by atoms with Gasteiger partial charge in [-0.2, -0.15) is 0 Å². The molecule has 11 nitrogen and oxygen atoms in total. The molecule has 4 amide bonds. The zero-order chi connectivity index (χ0) is 25.5. The number of nitrogens with one attached hydrogen (secondary N) is 3. The van der Waals surface area contributed by atoms with Crippen molar-refractivity contribution in [1.29, 1.82) is 0 Å². The highest BCUT2D eigenvalue weighted by molar-refractivity contribution is 7.13. The number of carbonyl (C=O) groups excluding carboxylic acids is 4. The van der Waals surface area contributed by atoms with Crippen molar-refractivity contribution < 1.29 is 19.2 Å². The van der Waals surface area contributed by atoms with Crippen LogP contribution < -0.4 is 16.0 Å². The van der Waals surface area contributed by atoms with E-state index in [1.54, 1.807) is 14.1 Å². The van der Waals surface area contributed by atoms with Crippen molar-refractivity contribution in [2.24, 2.45) is 0 Å². The van der Waals surface area contributed by atoms with Gasteiger partial charge in [0, 0.05) is 63.7 Å². The molecule has 1 unspecified atom stereocenters.